The Morgan fingerprint density at radius 1 is 1.50 bits per heavy atom. The summed E-state index contributed by atoms with van der Waals surface area (Å²) in [5.74, 6) is -0.159. The van der Waals surface area contributed by atoms with Crippen LogP contribution in [0.5, 0.6) is 0 Å². The predicted molar refractivity (Wildman–Crippen MR) is 46.4 cm³/mol. The Morgan fingerprint density at radius 3 is 2.21 bits per heavy atom. The largest absolute Gasteiger partial charge is 0.486 e. The summed E-state index contributed by atoms with van der Waals surface area (Å²) >= 11 is 0. The molecule has 0 amide bonds. The lowest BCUT2D eigenvalue weighted by Gasteiger charge is -2.14. The molecule has 4 nitrogen and oxygen atoms in total. The Labute approximate surface area is 80.6 Å². The van der Waals surface area contributed by atoms with E-state index in [-0.39, 0.29) is 11.3 Å². The lowest BCUT2D eigenvalue weighted by molar-refractivity contribution is 0.00565. The van der Waals surface area contributed by atoms with E-state index in [1.54, 1.807) is 0 Å². The van der Waals surface area contributed by atoms with Crippen LogP contribution in [0.4, 0.5) is 8.78 Å². The summed E-state index contributed by atoms with van der Waals surface area (Å²) < 4.78 is 57.7. The van der Waals surface area contributed by atoms with E-state index in [0.29, 0.717) is 0 Å². The zero-order chi connectivity index (χ0) is 11.6. The molecular weight excluding hydrogens is 218 g/mol. The van der Waals surface area contributed by atoms with Gasteiger partial charge in [-0.25, -0.2) is 0 Å². The fourth-order valence-electron chi connectivity index (χ4n) is 0.369. The van der Waals surface area contributed by atoms with Gasteiger partial charge in [0.05, 0.1) is 0 Å². The number of alkyl halides is 2. The van der Waals surface area contributed by atoms with Crippen molar-refractivity contribution in [3.63, 3.8) is 0 Å². The molecule has 14 heavy (non-hydrogen) atoms. The van der Waals surface area contributed by atoms with Gasteiger partial charge in [0.15, 0.2) is 6.61 Å². The van der Waals surface area contributed by atoms with Gasteiger partial charge in [0, 0.05) is 0 Å². The zero-order valence-electron chi connectivity index (χ0n) is 7.46. The minimum atomic E-state index is -5.45. The molecule has 82 valence electrons. The topological polar surface area (TPSA) is 63.6 Å². The maximum Gasteiger partial charge on any atom is 0.402 e. The molecule has 0 aliphatic carbocycles. The van der Waals surface area contributed by atoms with Crippen molar-refractivity contribution in [1.82, 2.24) is 0 Å². The first kappa shape index (κ1) is 13.1. The third kappa shape index (κ3) is 3.43. The highest BCUT2D eigenvalue weighted by Gasteiger charge is 2.45. The highest BCUT2D eigenvalue weighted by Crippen LogP contribution is 2.22. The van der Waals surface area contributed by atoms with Crippen LogP contribution >= 0.6 is 0 Å². The second-order valence-corrected chi connectivity index (χ2v) is 4.15. The van der Waals surface area contributed by atoms with E-state index in [9.17, 15) is 17.2 Å². The van der Waals surface area contributed by atoms with Gasteiger partial charge in [-0.2, -0.15) is 17.2 Å². The second kappa shape index (κ2) is 4.05. The van der Waals surface area contributed by atoms with Crippen LogP contribution in [-0.4, -0.2) is 24.8 Å². The molecule has 0 heterocycles. The molecule has 0 spiro atoms. The number of rotatable bonds is 5. The number of ether oxygens (including phenoxy) is 1. The van der Waals surface area contributed by atoms with Crippen molar-refractivity contribution < 1.29 is 26.5 Å². The van der Waals surface area contributed by atoms with Crippen LogP contribution in [0.2, 0.25) is 0 Å². The monoisotopic (exact) mass is 228 g/mol. The molecule has 0 saturated carbocycles. The van der Waals surface area contributed by atoms with E-state index < -0.39 is 22.0 Å². The number of halogens is 2. The van der Waals surface area contributed by atoms with E-state index >= 15 is 0 Å². The molecule has 0 aliphatic rings. The molecule has 1 N–H and O–H groups in total. The molecular formula is C7H10F2O4S. The minimum Gasteiger partial charge on any atom is -0.486 e. The standard InChI is InChI=1S/C7H10F2O4S/c1-5(2)6(3)13-4-7(8,9)14(10,11)12/h1,3-4H2,2H3,(H,10,11,12). The molecule has 0 bridgehead atoms. The van der Waals surface area contributed by atoms with Gasteiger partial charge in [0.1, 0.15) is 5.76 Å². The van der Waals surface area contributed by atoms with E-state index in [1.807, 2.05) is 0 Å². The normalized spacial score (nSPS) is 12.3. The van der Waals surface area contributed by atoms with E-state index in [0.717, 1.165) is 0 Å². The van der Waals surface area contributed by atoms with E-state index in [2.05, 4.69) is 17.9 Å². The summed E-state index contributed by atoms with van der Waals surface area (Å²) in [4.78, 5) is 0. The van der Waals surface area contributed by atoms with Gasteiger partial charge >= 0.3 is 15.4 Å². The van der Waals surface area contributed by atoms with Gasteiger partial charge < -0.3 is 4.74 Å². The quantitative estimate of drug-likeness (QED) is 0.440. The van der Waals surface area contributed by atoms with Crippen LogP contribution in [0.25, 0.3) is 0 Å². The van der Waals surface area contributed by atoms with E-state index in [1.165, 1.54) is 6.92 Å². The molecule has 7 heteroatoms. The summed E-state index contributed by atoms with van der Waals surface area (Å²) in [6, 6.07) is 0. The van der Waals surface area contributed by atoms with Crippen molar-refractivity contribution >= 4 is 10.1 Å². The molecule has 0 atom stereocenters. The Hall–Kier alpha value is -0.950. The van der Waals surface area contributed by atoms with Crippen molar-refractivity contribution in [2.75, 3.05) is 6.61 Å². The molecule has 0 rings (SSSR count). The average molecular weight is 228 g/mol. The Kier molecular flexibility index (Phi) is 3.78. The SMILES string of the molecule is C=C(C)C(=C)OCC(F)(F)S(=O)(=O)O. The maximum absolute atomic E-state index is 12.5. The number of hydrogen-bond donors (Lipinski definition) is 1. The van der Waals surface area contributed by atoms with Crippen LogP contribution < -0.4 is 0 Å². The van der Waals surface area contributed by atoms with Crippen molar-refractivity contribution in [3.8, 4) is 0 Å². The minimum absolute atomic E-state index is 0.159. The van der Waals surface area contributed by atoms with Crippen molar-refractivity contribution in [2.24, 2.45) is 0 Å². The maximum atomic E-state index is 12.5. The van der Waals surface area contributed by atoms with Crippen molar-refractivity contribution in [3.05, 3.63) is 24.5 Å². The lowest BCUT2D eigenvalue weighted by atomic mass is 10.3. The highest BCUT2D eigenvalue weighted by atomic mass is 32.2. The Bertz CT molecular complexity index is 345. The van der Waals surface area contributed by atoms with Crippen LogP contribution in [-0.2, 0) is 14.9 Å². The van der Waals surface area contributed by atoms with Crippen LogP contribution in [0, 0.1) is 0 Å². The number of allylic oxidation sites excluding steroid dienone is 1. The zero-order valence-corrected chi connectivity index (χ0v) is 8.27. The van der Waals surface area contributed by atoms with Gasteiger partial charge in [0.25, 0.3) is 0 Å². The average Bonchev–Trinajstić information content (AvgIpc) is 1.97. The smallest absolute Gasteiger partial charge is 0.402 e. The second-order valence-electron chi connectivity index (χ2n) is 2.60. The first-order valence-electron chi connectivity index (χ1n) is 3.40. The molecule has 0 aromatic rings. The Morgan fingerprint density at radius 2 is 1.93 bits per heavy atom. The van der Waals surface area contributed by atoms with Gasteiger partial charge in [-0.05, 0) is 12.5 Å². The third-order valence-corrected chi connectivity index (χ3v) is 2.14. The van der Waals surface area contributed by atoms with Crippen LogP contribution in [0.15, 0.2) is 24.5 Å². The van der Waals surface area contributed by atoms with Crippen molar-refractivity contribution in [1.29, 1.82) is 0 Å². The van der Waals surface area contributed by atoms with Gasteiger partial charge in [0.2, 0.25) is 0 Å². The Balaban J connectivity index is 4.42. The van der Waals surface area contributed by atoms with Crippen LogP contribution in [0.3, 0.4) is 0 Å². The molecule has 0 radical (unpaired) electrons. The summed E-state index contributed by atoms with van der Waals surface area (Å²) in [5.41, 5.74) is 0.288. The first-order valence-corrected chi connectivity index (χ1v) is 4.84. The predicted octanol–water partition coefficient (Wildman–Crippen LogP) is 1.57. The summed E-state index contributed by atoms with van der Waals surface area (Å²) in [5, 5.41) is -4.34. The fraction of sp³-hybridized carbons (Fsp3) is 0.429. The van der Waals surface area contributed by atoms with Crippen molar-refractivity contribution in [2.45, 2.75) is 12.2 Å². The first-order chi connectivity index (χ1) is 6.08. The van der Waals surface area contributed by atoms with Gasteiger partial charge in [-0.15, -0.1) is 0 Å². The summed E-state index contributed by atoms with van der Waals surface area (Å²) in [7, 11) is -5.45. The molecule has 0 aromatic carbocycles. The number of hydrogen-bond acceptors (Lipinski definition) is 3. The lowest BCUT2D eigenvalue weighted by Crippen LogP contribution is -2.33. The molecule has 0 unspecified atom stereocenters. The third-order valence-electron chi connectivity index (χ3n) is 1.27. The summed E-state index contributed by atoms with van der Waals surface area (Å²) in [6.07, 6.45) is 0. The van der Waals surface area contributed by atoms with Crippen LogP contribution in [0.1, 0.15) is 6.92 Å². The molecule has 0 saturated heterocycles. The highest BCUT2D eigenvalue weighted by molar-refractivity contribution is 7.86. The fourth-order valence-corrected chi connectivity index (χ4v) is 0.577. The van der Waals surface area contributed by atoms with E-state index in [4.69, 9.17) is 4.55 Å². The van der Waals surface area contributed by atoms with Gasteiger partial charge in [-0.3, -0.25) is 4.55 Å². The molecule has 0 fully saturated rings. The summed E-state index contributed by atoms with van der Waals surface area (Å²) in [6.45, 7) is 6.51. The molecule has 0 aromatic heterocycles. The van der Waals surface area contributed by atoms with Gasteiger partial charge in [-0.1, -0.05) is 13.2 Å². The molecule has 0 aliphatic heterocycles.